The van der Waals surface area contributed by atoms with Crippen molar-refractivity contribution in [1.29, 1.82) is 0 Å². The first-order valence-electron chi connectivity index (χ1n) is 6.55. The van der Waals surface area contributed by atoms with Gasteiger partial charge in [0.15, 0.2) is 4.98 Å². The molecule has 0 fully saturated rings. The molecule has 0 saturated heterocycles. The summed E-state index contributed by atoms with van der Waals surface area (Å²) in [5, 5.41) is 0. The van der Waals surface area contributed by atoms with Crippen molar-refractivity contribution < 1.29 is 0 Å². The van der Waals surface area contributed by atoms with Crippen LogP contribution in [0.2, 0.25) is 0 Å². The molecule has 0 amide bonds. The summed E-state index contributed by atoms with van der Waals surface area (Å²) < 4.78 is 0. The van der Waals surface area contributed by atoms with Gasteiger partial charge in [-0.2, -0.15) is 5.46 Å². The Morgan fingerprint density at radius 3 is 1.95 bits per heavy atom. The molecule has 100 valence electrons. The van der Waals surface area contributed by atoms with Gasteiger partial charge in [-0.1, -0.05) is 64.7 Å². The lowest BCUT2D eigenvalue weighted by Gasteiger charge is -2.32. The Morgan fingerprint density at radius 1 is 0.895 bits per heavy atom. The molecule has 0 atom stereocenters. The van der Waals surface area contributed by atoms with Crippen molar-refractivity contribution in [3.8, 4) is 0 Å². The van der Waals surface area contributed by atoms with Crippen LogP contribution in [0.1, 0.15) is 22.3 Å². The quantitative estimate of drug-likeness (QED) is 0.730. The van der Waals surface area contributed by atoms with E-state index in [9.17, 15) is 0 Å². The van der Waals surface area contributed by atoms with Crippen molar-refractivity contribution in [3.05, 3.63) is 64.7 Å². The number of benzene rings is 2. The van der Waals surface area contributed by atoms with Gasteiger partial charge in [0.2, 0.25) is 0 Å². The van der Waals surface area contributed by atoms with Crippen LogP contribution < -0.4 is 5.46 Å². The Kier molecular flexibility index (Phi) is 4.27. The zero-order valence-corrected chi connectivity index (χ0v) is 13.1. The molecule has 0 aromatic heterocycles. The van der Waals surface area contributed by atoms with E-state index in [0.717, 1.165) is 5.46 Å². The molecule has 0 nitrogen and oxygen atoms in total. The molecule has 2 rings (SSSR count). The standard InChI is InChI=1S/C16H18BCl2/c1-12-9-13(2)16(14(3)10-12)17(18,19)11-15-7-5-4-6-8-15/h4-10H,11H2,1-3H3/q-1. The van der Waals surface area contributed by atoms with Gasteiger partial charge in [0.05, 0.1) is 0 Å². The Labute approximate surface area is 125 Å². The number of hydrogen-bond acceptors (Lipinski definition) is 0. The third kappa shape index (κ3) is 3.35. The van der Waals surface area contributed by atoms with Crippen LogP contribution in [0.15, 0.2) is 42.5 Å². The number of rotatable bonds is 3. The lowest BCUT2D eigenvalue weighted by Crippen LogP contribution is -2.42. The van der Waals surface area contributed by atoms with Gasteiger partial charge in [-0.15, -0.1) is 6.32 Å². The largest absolute Gasteiger partial charge is 0.362 e. The van der Waals surface area contributed by atoms with E-state index in [1.54, 1.807) is 0 Å². The molecule has 2 aromatic carbocycles. The van der Waals surface area contributed by atoms with Gasteiger partial charge < -0.3 is 22.9 Å². The predicted octanol–water partition coefficient (Wildman–Crippen LogP) is 4.52. The summed E-state index contributed by atoms with van der Waals surface area (Å²) in [4.78, 5) is -1.61. The van der Waals surface area contributed by atoms with Crippen molar-refractivity contribution in [3.63, 3.8) is 0 Å². The maximum atomic E-state index is 6.69. The topological polar surface area (TPSA) is 0 Å². The van der Waals surface area contributed by atoms with Crippen LogP contribution >= 0.6 is 22.9 Å². The third-order valence-electron chi connectivity index (χ3n) is 3.50. The third-order valence-corrected chi connectivity index (χ3v) is 4.24. The molecule has 0 unspecified atom stereocenters. The number of hydrogen-bond donors (Lipinski definition) is 0. The Hall–Kier alpha value is -0.915. The van der Waals surface area contributed by atoms with Gasteiger partial charge in [-0.3, -0.25) is 0 Å². The Morgan fingerprint density at radius 2 is 1.42 bits per heavy atom. The molecule has 19 heavy (non-hydrogen) atoms. The van der Waals surface area contributed by atoms with Crippen molar-refractivity contribution in [1.82, 2.24) is 0 Å². The molecule has 3 heteroatoms. The molecule has 0 spiro atoms. The van der Waals surface area contributed by atoms with Crippen molar-refractivity contribution in [2.45, 2.75) is 27.1 Å². The minimum atomic E-state index is -1.61. The first kappa shape index (κ1) is 14.5. The summed E-state index contributed by atoms with van der Waals surface area (Å²) in [5.74, 6) is 0. The molecular weight excluding hydrogens is 274 g/mol. The fourth-order valence-electron chi connectivity index (χ4n) is 2.87. The van der Waals surface area contributed by atoms with Gasteiger partial charge >= 0.3 is 0 Å². The minimum Gasteiger partial charge on any atom is -0.362 e. The fraction of sp³-hybridized carbons (Fsp3) is 0.250. The summed E-state index contributed by atoms with van der Waals surface area (Å²) in [7, 11) is 0. The van der Waals surface area contributed by atoms with E-state index in [2.05, 4.69) is 45.0 Å². The lowest BCUT2D eigenvalue weighted by molar-refractivity contribution is 1.33. The second-order valence-electron chi connectivity index (χ2n) is 5.32. The predicted molar refractivity (Wildman–Crippen MR) is 87.9 cm³/mol. The van der Waals surface area contributed by atoms with E-state index in [1.165, 1.54) is 22.3 Å². The molecule has 0 radical (unpaired) electrons. The van der Waals surface area contributed by atoms with Crippen molar-refractivity contribution >= 4 is 33.4 Å². The molecule has 0 aliphatic heterocycles. The van der Waals surface area contributed by atoms with Crippen LogP contribution in [-0.2, 0) is 6.32 Å². The van der Waals surface area contributed by atoms with Gasteiger partial charge in [0.1, 0.15) is 0 Å². The summed E-state index contributed by atoms with van der Waals surface area (Å²) in [6.45, 7) is 6.27. The summed E-state index contributed by atoms with van der Waals surface area (Å²) >= 11 is 13.4. The first-order chi connectivity index (χ1) is 8.90. The molecule has 0 aliphatic carbocycles. The minimum absolute atomic E-state index is 0.675. The van der Waals surface area contributed by atoms with Crippen LogP contribution in [0, 0.1) is 20.8 Å². The van der Waals surface area contributed by atoms with Crippen LogP contribution in [-0.4, -0.2) is 4.98 Å². The monoisotopic (exact) mass is 291 g/mol. The summed E-state index contributed by atoms with van der Waals surface area (Å²) in [5.41, 5.74) is 5.87. The van der Waals surface area contributed by atoms with E-state index in [-0.39, 0.29) is 0 Å². The maximum absolute atomic E-state index is 6.69. The van der Waals surface area contributed by atoms with Gasteiger partial charge in [0.25, 0.3) is 0 Å². The van der Waals surface area contributed by atoms with Crippen LogP contribution in [0.4, 0.5) is 0 Å². The second kappa shape index (κ2) is 5.60. The second-order valence-corrected chi connectivity index (χ2v) is 7.03. The van der Waals surface area contributed by atoms with Crippen LogP contribution in [0.5, 0.6) is 0 Å². The summed E-state index contributed by atoms with van der Waals surface area (Å²) in [6, 6.07) is 14.5. The highest BCUT2D eigenvalue weighted by molar-refractivity contribution is 7.50. The normalized spacial score (nSPS) is 11.6. The van der Waals surface area contributed by atoms with Crippen molar-refractivity contribution in [2.75, 3.05) is 0 Å². The molecule has 0 bridgehead atoms. The van der Waals surface area contributed by atoms with Gasteiger partial charge in [-0.05, 0) is 20.8 Å². The zero-order valence-electron chi connectivity index (χ0n) is 11.6. The van der Waals surface area contributed by atoms with E-state index in [0.29, 0.717) is 6.32 Å². The van der Waals surface area contributed by atoms with Crippen molar-refractivity contribution in [2.24, 2.45) is 0 Å². The lowest BCUT2D eigenvalue weighted by atomic mass is 9.58. The molecule has 0 aliphatic rings. The number of aryl methyl sites for hydroxylation is 3. The molecular formula is C16H18BCl2-. The van der Waals surface area contributed by atoms with Gasteiger partial charge in [-0.25, -0.2) is 0 Å². The fourth-order valence-corrected chi connectivity index (χ4v) is 3.91. The molecule has 0 heterocycles. The molecule has 0 saturated carbocycles. The molecule has 2 aromatic rings. The average Bonchev–Trinajstić information content (AvgIpc) is 2.27. The average molecular weight is 292 g/mol. The summed E-state index contributed by atoms with van der Waals surface area (Å²) in [6.07, 6.45) is 0.675. The first-order valence-corrected chi connectivity index (χ1v) is 7.43. The highest BCUT2D eigenvalue weighted by atomic mass is 35.5. The molecule has 0 N–H and O–H groups in total. The van der Waals surface area contributed by atoms with Gasteiger partial charge in [0, 0.05) is 0 Å². The Balaban J connectivity index is 2.40. The van der Waals surface area contributed by atoms with E-state index in [1.807, 2.05) is 18.2 Å². The van der Waals surface area contributed by atoms with Crippen LogP contribution in [0.25, 0.3) is 0 Å². The SMILES string of the molecule is Cc1cc(C)c([B-](Cl)(Cl)Cc2ccccc2)c(C)c1. The highest BCUT2D eigenvalue weighted by Gasteiger charge is 2.23. The highest BCUT2D eigenvalue weighted by Crippen LogP contribution is 2.24. The van der Waals surface area contributed by atoms with Crippen LogP contribution in [0.3, 0.4) is 0 Å². The maximum Gasteiger partial charge on any atom is 0.194 e. The van der Waals surface area contributed by atoms with E-state index < -0.39 is 4.98 Å². The number of halogens is 2. The van der Waals surface area contributed by atoms with E-state index in [4.69, 9.17) is 22.9 Å². The van der Waals surface area contributed by atoms with E-state index >= 15 is 0 Å². The Bertz CT molecular complexity index is 554. The zero-order chi connectivity index (χ0) is 14.0. The smallest absolute Gasteiger partial charge is 0.194 e.